The van der Waals surface area contributed by atoms with Crippen LogP contribution in [-0.4, -0.2) is 37.2 Å². The Morgan fingerprint density at radius 1 is 1.35 bits per heavy atom. The first kappa shape index (κ1) is 12.7. The van der Waals surface area contributed by atoms with Gasteiger partial charge in [0, 0.05) is 13.1 Å². The molecule has 0 aliphatic carbocycles. The molecule has 3 aromatic rings. The van der Waals surface area contributed by atoms with Gasteiger partial charge in [0.2, 0.25) is 9.97 Å². The van der Waals surface area contributed by atoms with Gasteiger partial charge in [0.15, 0.2) is 0 Å². The number of aromatic nitrogens is 4. The molecule has 102 valence electrons. The highest BCUT2D eigenvalue weighted by Gasteiger charge is 2.19. The third-order valence-corrected chi connectivity index (χ3v) is 3.86. The van der Waals surface area contributed by atoms with E-state index in [-0.39, 0.29) is 5.91 Å². The van der Waals surface area contributed by atoms with Crippen LogP contribution in [0.1, 0.15) is 22.3 Å². The summed E-state index contributed by atoms with van der Waals surface area (Å²) in [5, 5.41) is 12.3. The summed E-state index contributed by atoms with van der Waals surface area (Å²) in [4.78, 5) is 14.9. The lowest BCUT2D eigenvalue weighted by molar-refractivity contribution is 0.0751. The van der Waals surface area contributed by atoms with Crippen molar-refractivity contribution in [2.75, 3.05) is 6.54 Å². The van der Waals surface area contributed by atoms with E-state index >= 15 is 0 Å². The number of benzene rings is 1. The van der Waals surface area contributed by atoms with Crippen molar-refractivity contribution in [2.24, 2.45) is 0 Å². The van der Waals surface area contributed by atoms with Crippen molar-refractivity contribution in [3.63, 3.8) is 0 Å². The zero-order valence-corrected chi connectivity index (χ0v) is 11.7. The van der Waals surface area contributed by atoms with Crippen molar-refractivity contribution in [3.05, 3.63) is 47.2 Å². The van der Waals surface area contributed by atoms with Crippen molar-refractivity contribution >= 4 is 22.2 Å². The fourth-order valence-electron chi connectivity index (χ4n) is 1.91. The lowest BCUT2D eigenvalue weighted by atomic mass is 10.2. The van der Waals surface area contributed by atoms with Crippen LogP contribution in [0.3, 0.4) is 0 Å². The topological polar surface area (TPSA) is 63.4 Å². The maximum Gasteiger partial charge on any atom is 0.285 e. The molecule has 6 nitrogen and oxygen atoms in total. The molecule has 1 aromatic carbocycles. The van der Waals surface area contributed by atoms with E-state index in [2.05, 4.69) is 15.3 Å². The van der Waals surface area contributed by atoms with Crippen LogP contribution in [0.15, 0.2) is 36.7 Å². The van der Waals surface area contributed by atoms with Gasteiger partial charge in [-0.1, -0.05) is 41.7 Å². The van der Waals surface area contributed by atoms with E-state index < -0.39 is 0 Å². The van der Waals surface area contributed by atoms with Crippen LogP contribution >= 0.6 is 11.3 Å². The Labute approximate surface area is 119 Å². The molecule has 0 bridgehead atoms. The molecule has 0 aliphatic heterocycles. The maximum atomic E-state index is 12.5. The SMILES string of the molecule is CCN(Cc1ccccc1)C(=O)c1nn2cnnc2s1. The first-order valence-corrected chi connectivity index (χ1v) is 7.09. The number of hydrogen-bond acceptors (Lipinski definition) is 5. The second kappa shape index (κ2) is 5.38. The molecule has 2 heterocycles. The van der Waals surface area contributed by atoms with E-state index in [4.69, 9.17) is 0 Å². The molecule has 7 heteroatoms. The number of amides is 1. The highest BCUT2D eigenvalue weighted by atomic mass is 32.1. The fourth-order valence-corrected chi connectivity index (χ4v) is 2.70. The minimum atomic E-state index is -0.0770. The number of carbonyl (C=O) groups is 1. The Morgan fingerprint density at radius 3 is 2.85 bits per heavy atom. The van der Waals surface area contributed by atoms with Gasteiger partial charge in [-0.3, -0.25) is 4.79 Å². The Hall–Kier alpha value is -2.28. The molecule has 0 atom stereocenters. The summed E-state index contributed by atoms with van der Waals surface area (Å²) in [5.41, 5.74) is 1.10. The second-order valence-electron chi connectivity index (χ2n) is 4.27. The van der Waals surface area contributed by atoms with Gasteiger partial charge in [-0.15, -0.1) is 15.3 Å². The van der Waals surface area contributed by atoms with E-state index in [0.717, 1.165) is 5.56 Å². The summed E-state index contributed by atoms with van der Waals surface area (Å²) < 4.78 is 1.52. The smallest absolute Gasteiger partial charge is 0.285 e. The van der Waals surface area contributed by atoms with Crippen molar-refractivity contribution < 1.29 is 4.79 Å². The van der Waals surface area contributed by atoms with E-state index in [9.17, 15) is 4.79 Å². The van der Waals surface area contributed by atoms with Gasteiger partial charge in [0.05, 0.1) is 0 Å². The summed E-state index contributed by atoms with van der Waals surface area (Å²) in [5.74, 6) is -0.0770. The molecule has 20 heavy (non-hydrogen) atoms. The van der Waals surface area contributed by atoms with E-state index in [1.54, 1.807) is 4.90 Å². The van der Waals surface area contributed by atoms with Gasteiger partial charge in [0.1, 0.15) is 6.33 Å². The van der Waals surface area contributed by atoms with E-state index in [1.807, 2.05) is 37.3 Å². The zero-order chi connectivity index (χ0) is 13.9. The van der Waals surface area contributed by atoms with Gasteiger partial charge < -0.3 is 4.90 Å². The predicted molar refractivity (Wildman–Crippen MR) is 75.5 cm³/mol. The summed E-state index contributed by atoms with van der Waals surface area (Å²) >= 11 is 1.25. The monoisotopic (exact) mass is 287 g/mol. The Morgan fingerprint density at radius 2 is 2.15 bits per heavy atom. The van der Waals surface area contributed by atoms with Crippen LogP contribution in [0.25, 0.3) is 4.96 Å². The van der Waals surface area contributed by atoms with Crippen molar-refractivity contribution in [1.29, 1.82) is 0 Å². The zero-order valence-electron chi connectivity index (χ0n) is 10.9. The summed E-state index contributed by atoms with van der Waals surface area (Å²) in [6, 6.07) is 9.92. The third-order valence-electron chi connectivity index (χ3n) is 2.95. The molecular weight excluding hydrogens is 274 g/mol. The number of carbonyl (C=O) groups excluding carboxylic acids is 1. The number of rotatable bonds is 4. The highest BCUT2D eigenvalue weighted by molar-refractivity contribution is 7.18. The molecule has 0 N–H and O–H groups in total. The third kappa shape index (κ3) is 2.39. The van der Waals surface area contributed by atoms with Gasteiger partial charge in [-0.05, 0) is 12.5 Å². The van der Waals surface area contributed by atoms with Gasteiger partial charge >= 0.3 is 0 Å². The normalized spacial score (nSPS) is 10.8. The number of hydrogen-bond donors (Lipinski definition) is 0. The lowest BCUT2D eigenvalue weighted by Gasteiger charge is -2.19. The number of nitrogens with zero attached hydrogens (tertiary/aromatic N) is 5. The summed E-state index contributed by atoms with van der Waals surface area (Å²) in [7, 11) is 0. The quantitative estimate of drug-likeness (QED) is 0.734. The first-order chi connectivity index (χ1) is 9.78. The van der Waals surface area contributed by atoms with Crippen LogP contribution in [0.4, 0.5) is 0 Å². The molecule has 0 unspecified atom stereocenters. The Balaban J connectivity index is 1.81. The Kier molecular flexibility index (Phi) is 3.42. The second-order valence-corrected chi connectivity index (χ2v) is 5.23. The molecule has 1 amide bonds. The molecule has 0 radical (unpaired) electrons. The van der Waals surface area contributed by atoms with Gasteiger partial charge in [-0.2, -0.15) is 4.52 Å². The molecular formula is C13H13N5OS. The maximum absolute atomic E-state index is 12.5. The first-order valence-electron chi connectivity index (χ1n) is 6.28. The van der Waals surface area contributed by atoms with Gasteiger partial charge in [-0.25, -0.2) is 0 Å². The van der Waals surface area contributed by atoms with Crippen molar-refractivity contribution in [3.8, 4) is 0 Å². The van der Waals surface area contributed by atoms with Crippen molar-refractivity contribution in [2.45, 2.75) is 13.5 Å². The van der Waals surface area contributed by atoms with Crippen LogP contribution < -0.4 is 0 Å². The van der Waals surface area contributed by atoms with Crippen LogP contribution in [0, 0.1) is 0 Å². The number of fused-ring (bicyclic) bond motifs is 1. The predicted octanol–water partition coefficient (Wildman–Crippen LogP) is 1.85. The molecule has 3 rings (SSSR count). The Bertz CT molecular complexity index is 692. The molecule has 2 aromatic heterocycles. The highest BCUT2D eigenvalue weighted by Crippen LogP contribution is 2.15. The van der Waals surface area contributed by atoms with Gasteiger partial charge in [0.25, 0.3) is 5.91 Å². The van der Waals surface area contributed by atoms with Crippen molar-refractivity contribution in [1.82, 2.24) is 24.7 Å². The standard InChI is InChI=1S/C13H13N5OS/c1-2-17(8-10-6-4-3-5-7-10)12(19)11-16-18-9-14-15-13(18)20-11/h3-7,9H,2,8H2,1H3. The summed E-state index contributed by atoms with van der Waals surface area (Å²) in [6.45, 7) is 3.17. The largest absolute Gasteiger partial charge is 0.332 e. The van der Waals surface area contributed by atoms with Crippen LogP contribution in [-0.2, 0) is 6.54 Å². The minimum absolute atomic E-state index is 0.0770. The lowest BCUT2D eigenvalue weighted by Crippen LogP contribution is -2.30. The molecule has 0 spiro atoms. The van der Waals surface area contributed by atoms with E-state index in [1.165, 1.54) is 22.2 Å². The van der Waals surface area contributed by atoms with E-state index in [0.29, 0.717) is 23.1 Å². The fraction of sp³-hybridized carbons (Fsp3) is 0.231. The summed E-state index contributed by atoms with van der Waals surface area (Å²) in [6.07, 6.45) is 1.50. The average Bonchev–Trinajstić information content (AvgIpc) is 3.06. The molecule has 0 saturated heterocycles. The van der Waals surface area contributed by atoms with Crippen LogP contribution in [0.2, 0.25) is 0 Å². The molecule has 0 aliphatic rings. The average molecular weight is 287 g/mol. The molecule has 0 fully saturated rings. The minimum Gasteiger partial charge on any atom is -0.332 e. The van der Waals surface area contributed by atoms with Crippen LogP contribution in [0.5, 0.6) is 0 Å². The molecule has 0 saturated carbocycles.